The lowest BCUT2D eigenvalue weighted by atomic mass is 9.93. The van der Waals surface area contributed by atoms with E-state index in [-0.39, 0.29) is 0 Å². The van der Waals surface area contributed by atoms with Gasteiger partial charge in [-0.05, 0) is 75.2 Å². The largest absolute Gasteiger partial charge is 0.456 e. The van der Waals surface area contributed by atoms with Crippen LogP contribution in [0.3, 0.4) is 0 Å². The molecule has 2 aliphatic rings. The first-order valence-corrected chi connectivity index (χ1v) is 12.0. The molecule has 170 valence electrons. The molecule has 0 saturated heterocycles. The highest BCUT2D eigenvalue weighted by atomic mass is 35.5. The molecule has 2 aromatic carbocycles. The Bertz CT molecular complexity index is 1330. The molecule has 0 radical (unpaired) electrons. The van der Waals surface area contributed by atoms with Crippen LogP contribution in [-0.4, -0.2) is 31.4 Å². The van der Waals surface area contributed by atoms with Gasteiger partial charge in [-0.15, -0.1) is 0 Å². The molecule has 0 atom stereocenters. The lowest BCUT2D eigenvalue weighted by Gasteiger charge is -2.22. The third kappa shape index (κ3) is 4.40. The van der Waals surface area contributed by atoms with Gasteiger partial charge in [0, 0.05) is 53.0 Å². The van der Waals surface area contributed by atoms with Gasteiger partial charge in [-0.25, -0.2) is 4.58 Å². The molecule has 0 amide bonds. The predicted molar refractivity (Wildman–Crippen MR) is 138 cm³/mol. The van der Waals surface area contributed by atoms with Gasteiger partial charge >= 0.3 is 0 Å². The molecule has 0 N–H and O–H groups in total. The Kier molecular flexibility index (Phi) is 6.85. The van der Waals surface area contributed by atoms with Gasteiger partial charge in [0.25, 0.3) is 5.24 Å². The molecule has 1 aliphatic carbocycles. The van der Waals surface area contributed by atoms with Crippen molar-refractivity contribution in [1.29, 1.82) is 0 Å². The van der Waals surface area contributed by atoms with Crippen molar-refractivity contribution in [1.82, 2.24) is 4.58 Å². The van der Waals surface area contributed by atoms with E-state index in [2.05, 4.69) is 73.6 Å². The molecule has 0 bridgehead atoms. The lowest BCUT2D eigenvalue weighted by molar-refractivity contribution is 0.108. The van der Waals surface area contributed by atoms with Crippen molar-refractivity contribution < 1.29 is 9.21 Å². The summed E-state index contributed by atoms with van der Waals surface area (Å²) in [4.78, 5) is 13.9. The second-order valence-electron chi connectivity index (χ2n) is 8.03. The summed E-state index contributed by atoms with van der Waals surface area (Å²) in [5.74, 6) is 0.844. The van der Waals surface area contributed by atoms with Crippen molar-refractivity contribution >= 4 is 33.5 Å². The topological polar surface area (TPSA) is 36.5 Å². The Hall–Kier alpha value is -3.11. The summed E-state index contributed by atoms with van der Waals surface area (Å²) >= 11 is 5.68. The van der Waals surface area contributed by atoms with Crippen LogP contribution in [0.4, 0.5) is 5.69 Å². The molecule has 5 heteroatoms. The molecule has 0 fully saturated rings. The second kappa shape index (κ2) is 9.80. The first-order chi connectivity index (χ1) is 16.0. The number of hydrogen-bond donors (Lipinski definition) is 0. The fourth-order valence-corrected chi connectivity index (χ4v) is 4.64. The molecule has 4 nitrogen and oxygen atoms in total. The molecular formula is C28H30ClN2O2+. The SMILES string of the molecule is CCN(CC)c1ccc2c(-c3ccc(C(=O)Cl)cc3)c3ccc(=[N+](CC)CC)cc-3oc2c1. The van der Waals surface area contributed by atoms with Crippen LogP contribution in [0.1, 0.15) is 38.1 Å². The van der Waals surface area contributed by atoms with E-state index in [9.17, 15) is 4.79 Å². The van der Waals surface area contributed by atoms with E-state index < -0.39 is 5.24 Å². The van der Waals surface area contributed by atoms with Gasteiger partial charge in [0.15, 0.2) is 0 Å². The minimum Gasteiger partial charge on any atom is -0.456 e. The molecule has 33 heavy (non-hydrogen) atoms. The van der Waals surface area contributed by atoms with E-state index in [1.54, 1.807) is 12.1 Å². The standard InChI is InChI=1S/C28H30ClN2O2/c1-5-30(6-2)21-13-15-23-25(17-21)33-26-18-22(31(7-3)8-4)14-16-24(26)27(23)19-9-11-20(12-10-19)28(29)32/h9-18H,5-8H2,1-4H3/q+1. The smallest absolute Gasteiger partial charge is 0.252 e. The third-order valence-corrected chi connectivity index (χ3v) is 6.56. The minimum absolute atomic E-state index is 0.452. The first kappa shape index (κ1) is 23.1. The zero-order chi connectivity index (χ0) is 23.5. The summed E-state index contributed by atoms with van der Waals surface area (Å²) in [6.07, 6.45) is 0. The number of carbonyl (C=O) groups is 1. The van der Waals surface area contributed by atoms with Crippen LogP contribution in [0.2, 0.25) is 0 Å². The van der Waals surface area contributed by atoms with Gasteiger partial charge in [-0.2, -0.15) is 0 Å². The van der Waals surface area contributed by atoms with E-state index in [0.717, 1.165) is 70.6 Å². The zero-order valence-electron chi connectivity index (χ0n) is 19.7. The molecule has 2 aromatic rings. The first-order valence-electron chi connectivity index (χ1n) is 11.6. The fraction of sp³-hybridized carbons (Fsp3) is 0.286. The Balaban J connectivity index is 2.05. The number of benzene rings is 3. The second-order valence-corrected chi connectivity index (χ2v) is 8.38. The Morgan fingerprint density at radius 3 is 2.21 bits per heavy atom. The molecule has 0 aromatic heterocycles. The number of carbonyl (C=O) groups excluding carboxylic acids is 1. The number of rotatable bonds is 7. The minimum atomic E-state index is -0.452. The number of anilines is 1. The van der Waals surface area contributed by atoms with Crippen LogP contribution >= 0.6 is 11.6 Å². The number of fused-ring (bicyclic) bond motifs is 2. The van der Waals surface area contributed by atoms with Gasteiger partial charge in [-0.1, -0.05) is 12.1 Å². The van der Waals surface area contributed by atoms with Gasteiger partial charge < -0.3 is 9.32 Å². The number of halogens is 1. The maximum atomic E-state index is 11.6. The van der Waals surface area contributed by atoms with E-state index in [4.69, 9.17) is 16.0 Å². The van der Waals surface area contributed by atoms with E-state index >= 15 is 0 Å². The van der Waals surface area contributed by atoms with Crippen molar-refractivity contribution in [2.75, 3.05) is 31.1 Å². The monoisotopic (exact) mass is 461 g/mol. The summed E-state index contributed by atoms with van der Waals surface area (Å²) in [5, 5.41) is 1.73. The quantitative estimate of drug-likeness (QED) is 0.185. The Labute approximate surface area is 200 Å². The molecule has 0 spiro atoms. The highest BCUT2D eigenvalue weighted by molar-refractivity contribution is 6.67. The van der Waals surface area contributed by atoms with E-state index in [1.165, 1.54) is 0 Å². The average molecular weight is 462 g/mol. The maximum absolute atomic E-state index is 11.6. The van der Waals surface area contributed by atoms with Crippen molar-refractivity contribution in [2.24, 2.45) is 0 Å². The lowest BCUT2D eigenvalue weighted by Crippen LogP contribution is -2.29. The fourth-order valence-electron chi connectivity index (χ4n) is 4.52. The molecule has 4 rings (SSSR count). The van der Waals surface area contributed by atoms with Gasteiger partial charge in [0.05, 0.1) is 6.07 Å². The van der Waals surface area contributed by atoms with Crippen molar-refractivity contribution in [3.63, 3.8) is 0 Å². The van der Waals surface area contributed by atoms with Crippen LogP contribution in [0.15, 0.2) is 65.1 Å². The summed E-state index contributed by atoms with van der Waals surface area (Å²) in [7, 11) is 0. The Morgan fingerprint density at radius 1 is 0.909 bits per heavy atom. The van der Waals surface area contributed by atoms with Crippen LogP contribution in [0.25, 0.3) is 33.4 Å². The summed E-state index contributed by atoms with van der Waals surface area (Å²) in [6, 6.07) is 20.3. The number of nitrogens with zero attached hydrogens (tertiary/aromatic N) is 2. The van der Waals surface area contributed by atoms with Crippen molar-refractivity contribution in [2.45, 2.75) is 27.7 Å². The summed E-state index contributed by atoms with van der Waals surface area (Å²) < 4.78 is 8.81. The van der Waals surface area contributed by atoms with Gasteiger partial charge in [0.2, 0.25) is 5.36 Å². The highest BCUT2D eigenvalue weighted by Crippen LogP contribution is 2.40. The predicted octanol–water partition coefficient (Wildman–Crippen LogP) is 6.24. The molecular weight excluding hydrogens is 432 g/mol. The van der Waals surface area contributed by atoms with Crippen LogP contribution < -0.4 is 14.8 Å². The molecule has 0 saturated carbocycles. The Morgan fingerprint density at radius 2 is 1.61 bits per heavy atom. The van der Waals surface area contributed by atoms with Gasteiger partial charge in [-0.3, -0.25) is 4.79 Å². The third-order valence-electron chi connectivity index (χ3n) is 6.35. The van der Waals surface area contributed by atoms with Crippen LogP contribution in [0.5, 0.6) is 0 Å². The van der Waals surface area contributed by atoms with Gasteiger partial charge in [0.1, 0.15) is 24.4 Å². The summed E-state index contributed by atoms with van der Waals surface area (Å²) in [5.41, 5.74) is 5.63. The normalized spacial score (nSPS) is 11.2. The number of hydrogen-bond acceptors (Lipinski definition) is 3. The maximum Gasteiger partial charge on any atom is 0.252 e. The molecule has 1 heterocycles. The average Bonchev–Trinajstić information content (AvgIpc) is 2.84. The molecule has 0 unspecified atom stereocenters. The van der Waals surface area contributed by atoms with E-state index in [0.29, 0.717) is 5.56 Å². The van der Waals surface area contributed by atoms with Crippen molar-refractivity contribution in [3.05, 3.63) is 71.6 Å². The molecule has 1 aliphatic heterocycles. The van der Waals surface area contributed by atoms with E-state index in [1.807, 2.05) is 12.1 Å². The van der Waals surface area contributed by atoms with Crippen LogP contribution in [0, 0.1) is 0 Å². The summed E-state index contributed by atoms with van der Waals surface area (Å²) in [6.45, 7) is 12.4. The van der Waals surface area contributed by atoms with Crippen molar-refractivity contribution in [3.8, 4) is 22.5 Å². The highest BCUT2D eigenvalue weighted by Gasteiger charge is 2.19. The zero-order valence-corrected chi connectivity index (χ0v) is 20.4. The van der Waals surface area contributed by atoms with Crippen LogP contribution in [-0.2, 0) is 0 Å².